The van der Waals surface area contributed by atoms with Crippen molar-refractivity contribution in [2.45, 2.75) is 39.3 Å². The molecule has 2 rings (SSSR count). The summed E-state index contributed by atoms with van der Waals surface area (Å²) >= 11 is 0. The van der Waals surface area contributed by atoms with Crippen LogP contribution in [0.1, 0.15) is 36.7 Å². The van der Waals surface area contributed by atoms with E-state index in [1.165, 1.54) is 6.33 Å². The molecule has 18 heavy (non-hydrogen) atoms. The van der Waals surface area contributed by atoms with Gasteiger partial charge in [0.1, 0.15) is 18.3 Å². The number of hydrogen-bond acceptors (Lipinski definition) is 4. The molecule has 0 saturated heterocycles. The van der Waals surface area contributed by atoms with Crippen molar-refractivity contribution < 1.29 is 5.11 Å². The molecule has 0 aliphatic heterocycles. The van der Waals surface area contributed by atoms with Gasteiger partial charge in [0.25, 0.3) is 0 Å². The third kappa shape index (κ3) is 2.59. The van der Waals surface area contributed by atoms with Crippen LogP contribution in [0.2, 0.25) is 0 Å². The molecule has 0 bridgehead atoms. The molecule has 6 heteroatoms. The molecule has 98 valence electrons. The van der Waals surface area contributed by atoms with Crippen LogP contribution in [0.4, 0.5) is 0 Å². The van der Waals surface area contributed by atoms with Crippen molar-refractivity contribution in [2.75, 3.05) is 0 Å². The quantitative estimate of drug-likeness (QED) is 0.858. The van der Waals surface area contributed by atoms with Crippen LogP contribution in [0.3, 0.4) is 0 Å². The molecule has 0 aliphatic carbocycles. The Labute approximate surface area is 106 Å². The molecule has 2 aromatic rings. The van der Waals surface area contributed by atoms with Crippen LogP contribution in [0.15, 0.2) is 12.4 Å². The van der Waals surface area contributed by atoms with Crippen LogP contribution in [0, 0.1) is 6.92 Å². The first-order chi connectivity index (χ1) is 8.61. The van der Waals surface area contributed by atoms with Gasteiger partial charge in [-0.05, 0) is 19.4 Å². The van der Waals surface area contributed by atoms with Crippen LogP contribution in [0.25, 0.3) is 0 Å². The van der Waals surface area contributed by atoms with E-state index in [1.54, 1.807) is 4.68 Å². The van der Waals surface area contributed by atoms with Crippen LogP contribution < -0.4 is 0 Å². The zero-order valence-electron chi connectivity index (χ0n) is 11.0. The fourth-order valence-electron chi connectivity index (χ4n) is 2.06. The minimum absolute atomic E-state index is 0.457. The molecule has 1 N–H and O–H groups in total. The van der Waals surface area contributed by atoms with E-state index >= 15 is 0 Å². The monoisotopic (exact) mass is 249 g/mol. The summed E-state index contributed by atoms with van der Waals surface area (Å²) in [5.74, 6) is 0.809. The number of rotatable bonds is 5. The van der Waals surface area contributed by atoms with E-state index < -0.39 is 6.10 Å². The lowest BCUT2D eigenvalue weighted by Crippen LogP contribution is -2.13. The van der Waals surface area contributed by atoms with Gasteiger partial charge in [0.15, 0.2) is 0 Å². The van der Waals surface area contributed by atoms with Gasteiger partial charge in [0.2, 0.25) is 0 Å². The van der Waals surface area contributed by atoms with Gasteiger partial charge >= 0.3 is 0 Å². The topological polar surface area (TPSA) is 68.8 Å². The number of aliphatic hydroxyl groups excluding tert-OH is 1. The summed E-state index contributed by atoms with van der Waals surface area (Å²) in [6, 6.07) is 1.89. The zero-order valence-corrected chi connectivity index (χ0v) is 11.0. The third-order valence-corrected chi connectivity index (χ3v) is 2.89. The molecule has 2 aromatic heterocycles. The Morgan fingerprint density at radius 1 is 1.44 bits per heavy atom. The average molecular weight is 249 g/mol. The minimum Gasteiger partial charge on any atom is -0.386 e. The summed E-state index contributed by atoms with van der Waals surface area (Å²) in [5, 5.41) is 18.6. The zero-order chi connectivity index (χ0) is 13.1. The van der Waals surface area contributed by atoms with Gasteiger partial charge in [-0.15, -0.1) is 0 Å². The lowest BCUT2D eigenvalue weighted by atomic mass is 10.1. The standard InChI is InChI=1S/C12H19N5O/c1-4-5-17-12(13-8-14-17)7-11(18)10-6-9(2)15-16(10)3/h6,8,11,18H,4-5,7H2,1-3H3. The predicted molar refractivity (Wildman–Crippen MR) is 66.9 cm³/mol. The molecule has 1 unspecified atom stereocenters. The van der Waals surface area contributed by atoms with Crippen molar-refractivity contribution >= 4 is 0 Å². The highest BCUT2D eigenvalue weighted by molar-refractivity contribution is 5.12. The van der Waals surface area contributed by atoms with Gasteiger partial charge in [0, 0.05) is 20.0 Å². The summed E-state index contributed by atoms with van der Waals surface area (Å²) < 4.78 is 3.55. The lowest BCUT2D eigenvalue weighted by Gasteiger charge is -2.11. The Morgan fingerprint density at radius 3 is 2.83 bits per heavy atom. The van der Waals surface area contributed by atoms with Crippen molar-refractivity contribution in [1.82, 2.24) is 24.5 Å². The number of nitrogens with zero attached hydrogens (tertiary/aromatic N) is 5. The molecule has 0 spiro atoms. The maximum atomic E-state index is 10.2. The predicted octanol–water partition coefficient (Wildman–Crippen LogP) is 1.01. The molecule has 0 amide bonds. The first kappa shape index (κ1) is 12.8. The molecule has 0 fully saturated rings. The van der Waals surface area contributed by atoms with Crippen molar-refractivity contribution in [3.8, 4) is 0 Å². The molecular formula is C12H19N5O. The second kappa shape index (κ2) is 5.30. The van der Waals surface area contributed by atoms with E-state index in [0.29, 0.717) is 6.42 Å². The molecule has 0 saturated carbocycles. The van der Waals surface area contributed by atoms with Gasteiger partial charge < -0.3 is 5.11 Å². The highest BCUT2D eigenvalue weighted by Gasteiger charge is 2.16. The Hall–Kier alpha value is -1.69. The largest absolute Gasteiger partial charge is 0.386 e. The van der Waals surface area contributed by atoms with E-state index in [1.807, 2.05) is 24.7 Å². The number of aliphatic hydroxyl groups is 1. The van der Waals surface area contributed by atoms with E-state index in [9.17, 15) is 5.11 Å². The summed E-state index contributed by atoms with van der Waals surface area (Å²) in [6.07, 6.45) is 2.39. The lowest BCUT2D eigenvalue weighted by molar-refractivity contribution is 0.164. The number of hydrogen-bond donors (Lipinski definition) is 1. The molecule has 0 radical (unpaired) electrons. The van der Waals surface area contributed by atoms with E-state index in [-0.39, 0.29) is 0 Å². The second-order valence-corrected chi connectivity index (χ2v) is 4.45. The Bertz CT molecular complexity index is 516. The molecule has 0 aliphatic rings. The van der Waals surface area contributed by atoms with Crippen LogP contribution in [-0.2, 0) is 20.0 Å². The average Bonchev–Trinajstić information content (AvgIpc) is 2.87. The molecule has 6 nitrogen and oxygen atoms in total. The maximum Gasteiger partial charge on any atom is 0.138 e. The summed E-state index contributed by atoms with van der Waals surface area (Å²) in [7, 11) is 1.84. The van der Waals surface area contributed by atoms with Gasteiger partial charge in [-0.25, -0.2) is 4.98 Å². The van der Waals surface area contributed by atoms with Gasteiger partial charge in [0.05, 0.1) is 11.4 Å². The second-order valence-electron chi connectivity index (χ2n) is 4.45. The number of aromatic nitrogens is 5. The van der Waals surface area contributed by atoms with E-state index in [2.05, 4.69) is 22.1 Å². The highest BCUT2D eigenvalue weighted by atomic mass is 16.3. The van der Waals surface area contributed by atoms with E-state index in [4.69, 9.17) is 0 Å². The molecular weight excluding hydrogens is 230 g/mol. The summed E-state index contributed by atoms with van der Waals surface area (Å²) in [5.41, 5.74) is 1.71. The summed E-state index contributed by atoms with van der Waals surface area (Å²) in [6.45, 7) is 4.83. The fraction of sp³-hybridized carbons (Fsp3) is 0.583. The smallest absolute Gasteiger partial charge is 0.138 e. The SMILES string of the molecule is CCCn1ncnc1CC(O)c1cc(C)nn1C. The number of aryl methyl sites for hydroxylation is 3. The third-order valence-electron chi connectivity index (χ3n) is 2.89. The van der Waals surface area contributed by atoms with Gasteiger partial charge in [-0.2, -0.15) is 10.2 Å². The van der Waals surface area contributed by atoms with Crippen LogP contribution in [-0.4, -0.2) is 29.7 Å². The maximum absolute atomic E-state index is 10.2. The Balaban J connectivity index is 2.13. The first-order valence-electron chi connectivity index (χ1n) is 6.17. The van der Waals surface area contributed by atoms with Gasteiger partial charge in [-0.3, -0.25) is 9.36 Å². The van der Waals surface area contributed by atoms with E-state index in [0.717, 1.165) is 30.2 Å². The van der Waals surface area contributed by atoms with Gasteiger partial charge in [-0.1, -0.05) is 6.92 Å². The molecule has 2 heterocycles. The minimum atomic E-state index is -0.601. The fourth-order valence-corrected chi connectivity index (χ4v) is 2.06. The molecule has 0 aromatic carbocycles. The van der Waals surface area contributed by atoms with Crippen LogP contribution in [0.5, 0.6) is 0 Å². The Kier molecular flexibility index (Phi) is 3.76. The molecule has 1 atom stereocenters. The highest BCUT2D eigenvalue weighted by Crippen LogP contribution is 2.17. The van der Waals surface area contributed by atoms with Crippen molar-refractivity contribution in [2.24, 2.45) is 7.05 Å². The summed E-state index contributed by atoms with van der Waals surface area (Å²) in [4.78, 5) is 4.20. The van der Waals surface area contributed by atoms with Crippen molar-refractivity contribution in [3.05, 3.63) is 29.6 Å². The van der Waals surface area contributed by atoms with Crippen LogP contribution >= 0.6 is 0 Å². The Morgan fingerprint density at radius 2 is 2.22 bits per heavy atom. The normalized spacial score (nSPS) is 12.9. The first-order valence-corrected chi connectivity index (χ1v) is 6.17. The van der Waals surface area contributed by atoms with Crippen molar-refractivity contribution in [3.63, 3.8) is 0 Å². The van der Waals surface area contributed by atoms with Crippen molar-refractivity contribution in [1.29, 1.82) is 0 Å².